The van der Waals surface area contributed by atoms with Crippen LogP contribution in [0.25, 0.3) is 10.9 Å². The van der Waals surface area contributed by atoms with E-state index in [-0.39, 0.29) is 18.3 Å². The number of hydrogen-bond acceptors (Lipinski definition) is 6. The van der Waals surface area contributed by atoms with Crippen molar-refractivity contribution < 1.29 is 23.8 Å². The lowest BCUT2D eigenvalue weighted by Gasteiger charge is -2.38. The number of methoxy groups -OCH3 is 2. The number of fused-ring (bicyclic) bond motifs is 1. The minimum absolute atomic E-state index is 0.0176. The Balaban J connectivity index is 1.35. The van der Waals surface area contributed by atoms with Gasteiger partial charge in [-0.1, -0.05) is 12.1 Å². The highest BCUT2D eigenvalue weighted by molar-refractivity contribution is 7.99. The molecule has 1 aliphatic heterocycles. The third-order valence-corrected chi connectivity index (χ3v) is 8.29. The molecule has 0 saturated carbocycles. The van der Waals surface area contributed by atoms with Gasteiger partial charge < -0.3 is 19.5 Å². The summed E-state index contributed by atoms with van der Waals surface area (Å²) in [6.07, 6.45) is 2.53. The number of benzene rings is 2. The molecule has 4 rings (SSSR count). The molecule has 2 heterocycles. The van der Waals surface area contributed by atoms with Gasteiger partial charge in [0, 0.05) is 41.7 Å². The molecule has 1 aliphatic rings. The molecule has 0 bridgehead atoms. The van der Waals surface area contributed by atoms with Crippen molar-refractivity contribution in [2.24, 2.45) is 11.8 Å². The highest BCUT2D eigenvalue weighted by atomic mass is 32.2. The van der Waals surface area contributed by atoms with E-state index in [0.717, 1.165) is 53.4 Å². The molecule has 37 heavy (non-hydrogen) atoms. The lowest BCUT2D eigenvalue weighted by molar-refractivity contribution is -0.139. The fraction of sp³-hybridized carbons (Fsp3) is 0.448. The van der Waals surface area contributed by atoms with Crippen LogP contribution in [0.5, 0.6) is 11.5 Å². The maximum atomic E-state index is 15.5. The summed E-state index contributed by atoms with van der Waals surface area (Å²) in [5.74, 6) is 1.86. The van der Waals surface area contributed by atoms with Crippen LogP contribution < -0.4 is 9.47 Å². The number of piperidine rings is 1. The van der Waals surface area contributed by atoms with Crippen LogP contribution in [-0.4, -0.2) is 60.6 Å². The number of carboxylic acids is 1. The van der Waals surface area contributed by atoms with E-state index in [9.17, 15) is 9.90 Å². The minimum atomic E-state index is -1.14. The highest BCUT2D eigenvalue weighted by Gasteiger charge is 2.31. The first-order chi connectivity index (χ1) is 18.0. The van der Waals surface area contributed by atoms with Gasteiger partial charge in [0.05, 0.1) is 19.7 Å². The number of aromatic nitrogens is 1. The molecular weight excluding hydrogens is 491 g/mol. The Kier molecular flexibility index (Phi) is 9.63. The van der Waals surface area contributed by atoms with E-state index >= 15 is 4.39 Å². The van der Waals surface area contributed by atoms with E-state index in [1.165, 1.54) is 0 Å². The summed E-state index contributed by atoms with van der Waals surface area (Å²) in [6.45, 7) is 2.51. The van der Waals surface area contributed by atoms with Crippen LogP contribution >= 0.6 is 11.8 Å². The van der Waals surface area contributed by atoms with Crippen molar-refractivity contribution in [1.29, 1.82) is 0 Å². The van der Waals surface area contributed by atoms with Gasteiger partial charge in [-0.3, -0.25) is 9.78 Å². The fourth-order valence-corrected chi connectivity index (χ4v) is 6.32. The van der Waals surface area contributed by atoms with Gasteiger partial charge in [-0.15, -0.1) is 11.8 Å². The topological polar surface area (TPSA) is 71.9 Å². The smallest absolute Gasteiger partial charge is 0.303 e. The number of ether oxygens (including phenoxy) is 2. The predicted molar refractivity (Wildman–Crippen MR) is 145 cm³/mol. The molecule has 1 saturated heterocycles. The molecule has 198 valence electrons. The second-order valence-corrected chi connectivity index (χ2v) is 10.7. The predicted octanol–water partition coefficient (Wildman–Crippen LogP) is 6.25. The van der Waals surface area contributed by atoms with Crippen LogP contribution in [0, 0.1) is 11.8 Å². The number of alkyl halides is 1. The molecule has 6 nitrogen and oxygen atoms in total. The Morgan fingerprint density at radius 2 is 2.03 bits per heavy atom. The number of para-hydroxylation sites is 1. The van der Waals surface area contributed by atoms with Crippen LogP contribution in [0.1, 0.15) is 37.4 Å². The zero-order valence-corrected chi connectivity index (χ0v) is 22.3. The molecule has 1 unspecified atom stereocenters. The lowest BCUT2D eigenvalue weighted by atomic mass is 9.79. The molecule has 0 radical (unpaired) electrons. The zero-order valence-electron chi connectivity index (χ0n) is 21.4. The second kappa shape index (κ2) is 13.1. The number of rotatable bonds is 12. The summed E-state index contributed by atoms with van der Waals surface area (Å²) in [6, 6.07) is 15.2. The molecule has 1 fully saturated rings. The van der Waals surface area contributed by atoms with Gasteiger partial charge in [0.2, 0.25) is 0 Å². The van der Waals surface area contributed by atoms with Gasteiger partial charge in [0.1, 0.15) is 17.7 Å². The number of halogens is 1. The zero-order chi connectivity index (χ0) is 26.2. The number of pyridine rings is 1. The SMILES string of the molecule is COc1ccc2nccc(C(F)CC[C@@H]3CCN(CCSc4ccccc4OC)C[C@@H]3CC(=O)O)c2c1. The van der Waals surface area contributed by atoms with Crippen LogP contribution in [0.3, 0.4) is 0 Å². The third-order valence-electron chi connectivity index (χ3n) is 7.26. The number of carboxylic acid groups (broad SMARTS) is 1. The van der Waals surface area contributed by atoms with Crippen LogP contribution in [0.15, 0.2) is 59.6 Å². The number of nitrogens with zero attached hydrogens (tertiary/aromatic N) is 2. The molecule has 8 heteroatoms. The van der Waals surface area contributed by atoms with E-state index in [1.54, 1.807) is 38.2 Å². The minimum Gasteiger partial charge on any atom is -0.497 e. The average molecular weight is 527 g/mol. The molecule has 3 atom stereocenters. The Morgan fingerprint density at radius 1 is 1.19 bits per heavy atom. The Bertz CT molecular complexity index is 1190. The summed E-state index contributed by atoms with van der Waals surface area (Å²) in [7, 11) is 3.27. The van der Waals surface area contributed by atoms with Crippen molar-refractivity contribution in [3.8, 4) is 11.5 Å². The summed E-state index contributed by atoms with van der Waals surface area (Å²) in [4.78, 5) is 19.4. The van der Waals surface area contributed by atoms with E-state index in [1.807, 2.05) is 36.4 Å². The van der Waals surface area contributed by atoms with E-state index in [0.29, 0.717) is 24.2 Å². The van der Waals surface area contributed by atoms with E-state index in [2.05, 4.69) is 16.0 Å². The van der Waals surface area contributed by atoms with Crippen LogP contribution in [-0.2, 0) is 4.79 Å². The third kappa shape index (κ3) is 7.14. The van der Waals surface area contributed by atoms with Crippen molar-refractivity contribution in [1.82, 2.24) is 9.88 Å². The van der Waals surface area contributed by atoms with Gasteiger partial charge >= 0.3 is 5.97 Å². The first-order valence-corrected chi connectivity index (χ1v) is 13.7. The quantitative estimate of drug-likeness (QED) is 0.280. The summed E-state index contributed by atoms with van der Waals surface area (Å²) >= 11 is 1.75. The van der Waals surface area contributed by atoms with Crippen molar-refractivity contribution >= 4 is 28.6 Å². The first-order valence-electron chi connectivity index (χ1n) is 12.7. The fourth-order valence-electron chi connectivity index (χ4n) is 5.28. The molecule has 0 amide bonds. The van der Waals surface area contributed by atoms with Gasteiger partial charge in [0.25, 0.3) is 0 Å². The second-order valence-electron chi connectivity index (χ2n) is 9.53. The maximum Gasteiger partial charge on any atom is 0.303 e. The summed E-state index contributed by atoms with van der Waals surface area (Å²) < 4.78 is 26.3. The van der Waals surface area contributed by atoms with E-state index in [4.69, 9.17) is 9.47 Å². The standard InChI is InChI=1S/C29H35FN2O4S/c1-35-22-8-10-26-24(18-22)23(11-13-31-26)25(30)9-7-20-12-14-32(19-21(20)17-29(33)34)15-16-37-28-6-4-3-5-27(28)36-2/h3-6,8,10-11,13,18,20-21,25H,7,9,12,14-17,19H2,1-2H3,(H,33,34)/t20-,21+,25?/m1/s1. The van der Waals surface area contributed by atoms with Crippen molar-refractivity contribution in [3.63, 3.8) is 0 Å². The molecular formula is C29H35FN2O4S. The monoisotopic (exact) mass is 526 g/mol. The van der Waals surface area contributed by atoms with Crippen molar-refractivity contribution in [2.75, 3.05) is 39.6 Å². The molecule has 2 aromatic carbocycles. The molecule has 0 aliphatic carbocycles. The normalized spacial score (nSPS) is 19.0. The van der Waals surface area contributed by atoms with Gasteiger partial charge in [-0.05, 0) is 79.6 Å². The maximum absolute atomic E-state index is 15.5. The number of thioether (sulfide) groups is 1. The van der Waals surface area contributed by atoms with Gasteiger partial charge in [-0.25, -0.2) is 4.39 Å². The summed E-state index contributed by atoms with van der Waals surface area (Å²) in [5, 5.41) is 10.3. The number of hydrogen-bond donors (Lipinski definition) is 1. The Hall–Kier alpha value is -2.84. The van der Waals surface area contributed by atoms with Crippen LogP contribution in [0.2, 0.25) is 0 Å². The van der Waals surface area contributed by atoms with Crippen molar-refractivity contribution in [3.05, 3.63) is 60.3 Å². The number of likely N-dealkylation sites (tertiary alicyclic amines) is 1. The molecule has 1 N–H and O–H groups in total. The Morgan fingerprint density at radius 3 is 2.81 bits per heavy atom. The van der Waals surface area contributed by atoms with E-state index < -0.39 is 12.1 Å². The largest absolute Gasteiger partial charge is 0.497 e. The van der Waals surface area contributed by atoms with Gasteiger partial charge in [0.15, 0.2) is 0 Å². The van der Waals surface area contributed by atoms with Crippen molar-refractivity contribution in [2.45, 2.75) is 36.8 Å². The molecule has 1 aromatic heterocycles. The van der Waals surface area contributed by atoms with Gasteiger partial charge in [-0.2, -0.15) is 0 Å². The van der Waals surface area contributed by atoms with Crippen LogP contribution in [0.4, 0.5) is 4.39 Å². The Labute approximate surface area is 222 Å². The molecule has 3 aromatic rings. The number of carbonyl (C=O) groups is 1. The summed E-state index contributed by atoms with van der Waals surface area (Å²) in [5.41, 5.74) is 1.36. The number of aliphatic carboxylic acids is 1. The molecule has 0 spiro atoms. The average Bonchev–Trinajstić information content (AvgIpc) is 2.91. The highest BCUT2D eigenvalue weighted by Crippen LogP contribution is 2.36. The first kappa shape index (κ1) is 27.2. The lowest BCUT2D eigenvalue weighted by Crippen LogP contribution is -2.42.